The fourth-order valence-electron chi connectivity index (χ4n) is 3.55. The van der Waals surface area contributed by atoms with Crippen LogP contribution in [-0.2, 0) is 16.0 Å². The lowest BCUT2D eigenvalue weighted by atomic mass is 10.2. The van der Waals surface area contributed by atoms with E-state index in [9.17, 15) is 9.18 Å². The number of fused-ring (bicyclic) bond motifs is 3. The standard InChI is InChI=1S/C20H22FN3O4/c21-13-6-7-14-15(11-13)28-19-18(14)22-16(5-1-4-10-27-12-17(25)26)23-20(19)24-8-2-3-9-24/h6-7,11H,1-5,8-10,12H2,(H,25,26). The van der Waals surface area contributed by atoms with Gasteiger partial charge in [-0.3, -0.25) is 0 Å². The van der Waals surface area contributed by atoms with Crippen molar-refractivity contribution in [2.24, 2.45) is 0 Å². The number of aliphatic carboxylic acids is 1. The second-order valence-corrected chi connectivity index (χ2v) is 6.98. The van der Waals surface area contributed by atoms with E-state index in [4.69, 9.17) is 19.2 Å². The summed E-state index contributed by atoms with van der Waals surface area (Å²) in [7, 11) is 0. The number of aryl methyl sites for hydroxylation is 1. The van der Waals surface area contributed by atoms with E-state index in [1.54, 1.807) is 6.07 Å². The highest BCUT2D eigenvalue weighted by atomic mass is 19.1. The number of anilines is 1. The van der Waals surface area contributed by atoms with E-state index < -0.39 is 5.97 Å². The zero-order valence-corrected chi connectivity index (χ0v) is 15.5. The lowest BCUT2D eigenvalue weighted by Crippen LogP contribution is -2.20. The number of unbranched alkanes of at least 4 members (excludes halogenated alkanes) is 1. The van der Waals surface area contributed by atoms with Gasteiger partial charge in [-0.15, -0.1) is 0 Å². The molecule has 148 valence electrons. The highest BCUT2D eigenvalue weighted by molar-refractivity contribution is 6.05. The first-order valence-electron chi connectivity index (χ1n) is 9.55. The van der Waals surface area contributed by atoms with Crippen molar-refractivity contribution in [3.63, 3.8) is 0 Å². The van der Waals surface area contributed by atoms with Crippen molar-refractivity contribution in [3.8, 4) is 0 Å². The Balaban J connectivity index is 1.59. The van der Waals surface area contributed by atoms with Gasteiger partial charge in [-0.05, 0) is 37.8 Å². The molecule has 8 heteroatoms. The summed E-state index contributed by atoms with van der Waals surface area (Å²) in [5, 5.41) is 9.37. The van der Waals surface area contributed by atoms with Crippen molar-refractivity contribution in [1.82, 2.24) is 9.97 Å². The Hall–Kier alpha value is -2.74. The molecule has 7 nitrogen and oxygen atoms in total. The molecule has 0 spiro atoms. The first-order chi connectivity index (χ1) is 13.6. The quantitative estimate of drug-likeness (QED) is 0.591. The third kappa shape index (κ3) is 3.91. The first-order valence-corrected chi connectivity index (χ1v) is 9.55. The van der Waals surface area contributed by atoms with Gasteiger partial charge < -0.3 is 19.2 Å². The molecule has 3 aromatic rings. The summed E-state index contributed by atoms with van der Waals surface area (Å²) in [6.07, 6.45) is 4.38. The summed E-state index contributed by atoms with van der Waals surface area (Å²) < 4.78 is 24.6. The van der Waals surface area contributed by atoms with Crippen LogP contribution in [0.3, 0.4) is 0 Å². The molecule has 1 aliphatic rings. The molecular weight excluding hydrogens is 365 g/mol. The second-order valence-electron chi connectivity index (χ2n) is 6.98. The predicted octanol–water partition coefficient (Wildman–Crippen LogP) is 3.54. The van der Waals surface area contributed by atoms with Crippen molar-refractivity contribution in [2.75, 3.05) is 31.2 Å². The Labute approximate surface area is 161 Å². The third-order valence-corrected chi connectivity index (χ3v) is 4.87. The fourth-order valence-corrected chi connectivity index (χ4v) is 3.55. The van der Waals surface area contributed by atoms with Crippen molar-refractivity contribution in [2.45, 2.75) is 32.1 Å². The first kappa shape index (κ1) is 18.6. The summed E-state index contributed by atoms with van der Waals surface area (Å²) >= 11 is 0. The van der Waals surface area contributed by atoms with Gasteiger partial charge in [-0.2, -0.15) is 0 Å². The zero-order valence-electron chi connectivity index (χ0n) is 15.5. The highest BCUT2D eigenvalue weighted by Crippen LogP contribution is 2.34. The van der Waals surface area contributed by atoms with Crippen LogP contribution >= 0.6 is 0 Å². The number of carbonyl (C=O) groups is 1. The molecule has 28 heavy (non-hydrogen) atoms. The minimum atomic E-state index is -0.965. The average molecular weight is 387 g/mol. The molecule has 0 amide bonds. The Bertz CT molecular complexity index is 998. The largest absolute Gasteiger partial charge is 0.480 e. The summed E-state index contributed by atoms with van der Waals surface area (Å²) in [5.74, 6) is 0.173. The average Bonchev–Trinajstić information content (AvgIpc) is 3.31. The normalized spacial score (nSPS) is 14.4. The van der Waals surface area contributed by atoms with Crippen LogP contribution < -0.4 is 4.90 Å². The Morgan fingerprint density at radius 1 is 1.25 bits per heavy atom. The van der Waals surface area contributed by atoms with E-state index in [0.717, 1.165) is 50.0 Å². The van der Waals surface area contributed by atoms with Gasteiger partial charge in [0, 0.05) is 37.6 Å². The summed E-state index contributed by atoms with van der Waals surface area (Å²) in [4.78, 5) is 22.1. The van der Waals surface area contributed by atoms with E-state index in [0.29, 0.717) is 35.5 Å². The number of rotatable bonds is 8. The van der Waals surface area contributed by atoms with Crippen LogP contribution in [0.15, 0.2) is 22.6 Å². The van der Waals surface area contributed by atoms with E-state index in [-0.39, 0.29) is 12.4 Å². The maximum Gasteiger partial charge on any atom is 0.329 e. The molecule has 0 radical (unpaired) electrons. The van der Waals surface area contributed by atoms with E-state index in [2.05, 4.69) is 9.88 Å². The number of hydrogen-bond acceptors (Lipinski definition) is 6. The highest BCUT2D eigenvalue weighted by Gasteiger charge is 2.22. The summed E-state index contributed by atoms with van der Waals surface area (Å²) in [6, 6.07) is 4.49. The maximum absolute atomic E-state index is 13.6. The predicted molar refractivity (Wildman–Crippen MR) is 102 cm³/mol. The zero-order chi connectivity index (χ0) is 19.5. The van der Waals surface area contributed by atoms with Gasteiger partial charge in [-0.1, -0.05) is 0 Å². The van der Waals surface area contributed by atoms with Crippen molar-refractivity contribution >= 4 is 33.9 Å². The lowest BCUT2D eigenvalue weighted by Gasteiger charge is -2.17. The SMILES string of the molecule is O=C(O)COCCCCc1nc(N2CCCC2)c2oc3cc(F)ccc3c2n1. The number of halogens is 1. The number of aromatic nitrogens is 2. The molecular formula is C20H22FN3O4. The molecule has 1 aliphatic heterocycles. The lowest BCUT2D eigenvalue weighted by molar-refractivity contribution is -0.142. The molecule has 0 bridgehead atoms. The second kappa shape index (κ2) is 8.10. The number of ether oxygens (including phenoxy) is 1. The molecule has 1 fully saturated rings. The summed E-state index contributed by atoms with van der Waals surface area (Å²) in [6.45, 7) is 1.94. The van der Waals surface area contributed by atoms with Gasteiger partial charge >= 0.3 is 5.97 Å². The number of nitrogens with zero attached hydrogens (tertiary/aromatic N) is 3. The molecule has 2 aromatic heterocycles. The van der Waals surface area contributed by atoms with Crippen LogP contribution in [0.4, 0.5) is 10.2 Å². The number of furan rings is 1. The number of carboxylic acid groups (broad SMARTS) is 1. The maximum atomic E-state index is 13.6. The Kier molecular flexibility index (Phi) is 5.38. The molecule has 1 saturated heterocycles. The van der Waals surface area contributed by atoms with Crippen LogP contribution in [0.5, 0.6) is 0 Å². The van der Waals surface area contributed by atoms with E-state index >= 15 is 0 Å². The molecule has 0 saturated carbocycles. The van der Waals surface area contributed by atoms with Crippen LogP contribution in [0.2, 0.25) is 0 Å². The molecule has 0 atom stereocenters. The van der Waals surface area contributed by atoms with Crippen LogP contribution in [-0.4, -0.2) is 47.3 Å². The monoisotopic (exact) mass is 387 g/mol. The minimum Gasteiger partial charge on any atom is -0.480 e. The molecule has 3 heterocycles. The third-order valence-electron chi connectivity index (χ3n) is 4.87. The molecule has 4 rings (SSSR count). The summed E-state index contributed by atoms with van der Waals surface area (Å²) in [5.41, 5.74) is 1.80. The van der Waals surface area contributed by atoms with Gasteiger partial charge in [0.1, 0.15) is 29.3 Å². The minimum absolute atomic E-state index is 0.279. The van der Waals surface area contributed by atoms with Crippen LogP contribution in [0, 0.1) is 5.82 Å². The van der Waals surface area contributed by atoms with E-state index in [1.165, 1.54) is 12.1 Å². The molecule has 1 N–H and O–H groups in total. The molecule has 0 unspecified atom stereocenters. The smallest absolute Gasteiger partial charge is 0.329 e. The van der Waals surface area contributed by atoms with Gasteiger partial charge in [0.25, 0.3) is 0 Å². The van der Waals surface area contributed by atoms with Gasteiger partial charge in [-0.25, -0.2) is 19.2 Å². The Morgan fingerprint density at radius 2 is 2.07 bits per heavy atom. The van der Waals surface area contributed by atoms with Crippen molar-refractivity contribution in [1.29, 1.82) is 0 Å². The van der Waals surface area contributed by atoms with Gasteiger partial charge in [0.15, 0.2) is 11.4 Å². The fraction of sp³-hybridized carbons (Fsp3) is 0.450. The number of benzene rings is 1. The number of carboxylic acids is 1. The van der Waals surface area contributed by atoms with Crippen LogP contribution in [0.25, 0.3) is 22.1 Å². The molecule has 0 aliphatic carbocycles. The Morgan fingerprint density at radius 3 is 2.86 bits per heavy atom. The van der Waals surface area contributed by atoms with Gasteiger partial charge in [0.05, 0.1) is 0 Å². The van der Waals surface area contributed by atoms with Crippen molar-refractivity contribution < 1.29 is 23.4 Å². The van der Waals surface area contributed by atoms with E-state index in [1.807, 2.05) is 0 Å². The molecule has 1 aromatic carbocycles. The van der Waals surface area contributed by atoms with Crippen LogP contribution in [0.1, 0.15) is 31.5 Å². The number of hydrogen-bond donors (Lipinski definition) is 1. The van der Waals surface area contributed by atoms with Gasteiger partial charge in [0.2, 0.25) is 0 Å². The van der Waals surface area contributed by atoms with Crippen molar-refractivity contribution in [3.05, 3.63) is 29.8 Å². The topological polar surface area (TPSA) is 88.7 Å².